The molecule has 0 aliphatic carbocycles. The average Bonchev–Trinajstić information content (AvgIpc) is 2.93. The van der Waals surface area contributed by atoms with Gasteiger partial charge < -0.3 is 11.1 Å². The Balaban J connectivity index is 2.01. The van der Waals surface area contributed by atoms with Crippen LogP contribution in [-0.4, -0.2) is 5.91 Å². The van der Waals surface area contributed by atoms with Crippen molar-refractivity contribution >= 4 is 17.2 Å². The Hall–Kier alpha value is -1.65. The van der Waals surface area contributed by atoms with Crippen molar-refractivity contribution in [3.8, 4) is 0 Å². The van der Waals surface area contributed by atoms with Crippen LogP contribution in [-0.2, 0) is 23.3 Å². The zero-order valence-electron chi connectivity index (χ0n) is 11.8. The molecule has 1 amide bonds. The van der Waals surface area contributed by atoms with Gasteiger partial charge in [0.15, 0.2) is 0 Å². The van der Waals surface area contributed by atoms with Crippen molar-refractivity contribution in [1.82, 2.24) is 5.32 Å². The summed E-state index contributed by atoms with van der Waals surface area (Å²) in [7, 11) is 0. The highest BCUT2D eigenvalue weighted by atomic mass is 32.1. The molecule has 1 atom stereocenters. The van der Waals surface area contributed by atoms with Crippen molar-refractivity contribution in [2.45, 2.75) is 32.4 Å². The quantitative estimate of drug-likeness (QED) is 0.889. The minimum atomic E-state index is -1.01. The molecule has 0 bridgehead atoms. The predicted molar refractivity (Wildman–Crippen MR) is 83.5 cm³/mol. The van der Waals surface area contributed by atoms with Crippen LogP contribution in [0.25, 0.3) is 0 Å². The number of nitrogens with one attached hydrogen (secondary N) is 1. The summed E-state index contributed by atoms with van der Waals surface area (Å²) in [6.45, 7) is 4.40. The van der Waals surface area contributed by atoms with Crippen molar-refractivity contribution in [2.75, 3.05) is 0 Å². The van der Waals surface area contributed by atoms with Crippen molar-refractivity contribution in [1.29, 1.82) is 0 Å². The minimum absolute atomic E-state index is 0.157. The van der Waals surface area contributed by atoms with Crippen LogP contribution in [0.5, 0.6) is 0 Å². The van der Waals surface area contributed by atoms with Crippen molar-refractivity contribution in [3.05, 3.63) is 57.8 Å². The Bertz CT molecular complexity index is 575. The summed E-state index contributed by atoms with van der Waals surface area (Å²) < 4.78 is 0. The van der Waals surface area contributed by atoms with Crippen LogP contribution in [0.1, 0.15) is 29.2 Å². The van der Waals surface area contributed by atoms with Crippen LogP contribution in [0, 0.1) is 0 Å². The summed E-state index contributed by atoms with van der Waals surface area (Å²) in [4.78, 5) is 14.8. The first-order chi connectivity index (χ1) is 9.54. The van der Waals surface area contributed by atoms with Gasteiger partial charge in [-0.25, -0.2) is 0 Å². The maximum Gasteiger partial charge on any atom is 0.244 e. The summed E-state index contributed by atoms with van der Waals surface area (Å²) in [6.07, 6.45) is 1.03. The fourth-order valence-corrected chi connectivity index (χ4v) is 2.87. The highest BCUT2D eigenvalue weighted by Crippen LogP contribution is 2.19. The van der Waals surface area contributed by atoms with Gasteiger partial charge >= 0.3 is 0 Å². The van der Waals surface area contributed by atoms with Crippen LogP contribution < -0.4 is 11.1 Å². The summed E-state index contributed by atoms with van der Waals surface area (Å²) in [6, 6.07) is 13.6. The van der Waals surface area contributed by atoms with Crippen molar-refractivity contribution < 1.29 is 4.79 Å². The van der Waals surface area contributed by atoms with Gasteiger partial charge in [0.05, 0.1) is 6.54 Å². The molecule has 20 heavy (non-hydrogen) atoms. The lowest BCUT2D eigenvalue weighted by Gasteiger charge is -2.23. The predicted octanol–water partition coefficient (Wildman–Crippen LogP) is 2.80. The summed E-state index contributed by atoms with van der Waals surface area (Å²) in [5, 5.41) is 2.92. The van der Waals surface area contributed by atoms with E-state index in [0.717, 1.165) is 16.9 Å². The zero-order chi connectivity index (χ0) is 14.6. The molecule has 0 radical (unpaired) electrons. The number of hydrogen-bond acceptors (Lipinski definition) is 3. The Morgan fingerprint density at radius 2 is 1.85 bits per heavy atom. The zero-order valence-corrected chi connectivity index (χ0v) is 12.7. The van der Waals surface area contributed by atoms with E-state index in [1.165, 1.54) is 4.88 Å². The second-order valence-corrected chi connectivity index (χ2v) is 6.23. The summed E-state index contributed by atoms with van der Waals surface area (Å²) in [5.74, 6) is -0.157. The lowest BCUT2D eigenvalue weighted by Crippen LogP contribution is -2.48. The van der Waals surface area contributed by atoms with Crippen molar-refractivity contribution in [2.24, 2.45) is 5.73 Å². The summed E-state index contributed by atoms with van der Waals surface area (Å²) >= 11 is 1.73. The van der Waals surface area contributed by atoms with Crippen LogP contribution in [0.2, 0.25) is 0 Å². The van der Waals surface area contributed by atoms with Gasteiger partial charge in [-0.3, -0.25) is 4.79 Å². The number of thiophene rings is 1. The van der Waals surface area contributed by atoms with E-state index >= 15 is 0 Å². The van der Waals surface area contributed by atoms with Gasteiger partial charge in [0.1, 0.15) is 5.54 Å². The molecular weight excluding hydrogens is 268 g/mol. The van der Waals surface area contributed by atoms with Gasteiger partial charge in [0.25, 0.3) is 0 Å². The maximum absolute atomic E-state index is 12.3. The first kappa shape index (κ1) is 14.8. The molecule has 106 valence electrons. The molecule has 1 aromatic heterocycles. The number of carbonyl (C=O) groups is 1. The molecule has 4 heteroatoms. The molecule has 1 heterocycles. The number of benzene rings is 1. The normalized spacial score (nSPS) is 13.8. The second kappa shape index (κ2) is 6.20. The molecule has 2 aromatic rings. The third-order valence-corrected chi connectivity index (χ3v) is 4.56. The van der Waals surface area contributed by atoms with Gasteiger partial charge in [0.2, 0.25) is 5.91 Å². The molecule has 2 rings (SSSR count). The Morgan fingerprint density at radius 3 is 2.45 bits per heavy atom. The molecule has 0 saturated carbocycles. The van der Waals surface area contributed by atoms with Crippen molar-refractivity contribution in [3.63, 3.8) is 0 Å². The van der Waals surface area contributed by atoms with E-state index in [1.54, 1.807) is 18.3 Å². The van der Waals surface area contributed by atoms with Crippen LogP contribution in [0.4, 0.5) is 0 Å². The lowest BCUT2D eigenvalue weighted by molar-refractivity contribution is -0.126. The molecule has 0 aliphatic heterocycles. The van der Waals surface area contributed by atoms with Gasteiger partial charge in [-0.15, -0.1) is 11.3 Å². The summed E-state index contributed by atoms with van der Waals surface area (Å²) in [5.41, 5.74) is 5.98. The molecule has 0 saturated heterocycles. The molecule has 1 aromatic carbocycles. The Morgan fingerprint density at radius 1 is 1.20 bits per heavy atom. The first-order valence-electron chi connectivity index (χ1n) is 6.74. The van der Waals surface area contributed by atoms with E-state index in [1.807, 2.05) is 30.3 Å². The third-order valence-electron chi connectivity index (χ3n) is 3.33. The highest BCUT2D eigenvalue weighted by Gasteiger charge is 2.29. The van der Waals surface area contributed by atoms with E-state index in [4.69, 9.17) is 5.73 Å². The number of amides is 1. The maximum atomic E-state index is 12.3. The third kappa shape index (κ3) is 3.26. The van der Waals surface area contributed by atoms with E-state index in [2.05, 4.69) is 24.4 Å². The van der Waals surface area contributed by atoms with Gasteiger partial charge in [-0.2, -0.15) is 0 Å². The molecule has 1 unspecified atom stereocenters. The van der Waals surface area contributed by atoms with Crippen LogP contribution >= 0.6 is 11.3 Å². The largest absolute Gasteiger partial charge is 0.349 e. The molecule has 0 fully saturated rings. The van der Waals surface area contributed by atoms with E-state index < -0.39 is 5.54 Å². The van der Waals surface area contributed by atoms with E-state index in [9.17, 15) is 4.79 Å². The Kier molecular flexibility index (Phi) is 4.57. The number of carbonyl (C=O) groups excluding carboxylic acids is 1. The molecular formula is C16H20N2OS. The fraction of sp³-hybridized carbons (Fsp3) is 0.312. The number of hydrogen-bond donors (Lipinski definition) is 2. The van der Waals surface area contributed by atoms with Gasteiger partial charge in [-0.05, 0) is 31.0 Å². The Labute approximate surface area is 123 Å². The minimum Gasteiger partial charge on any atom is -0.349 e. The van der Waals surface area contributed by atoms with E-state index in [-0.39, 0.29) is 5.91 Å². The van der Waals surface area contributed by atoms with E-state index in [0.29, 0.717) is 6.54 Å². The average molecular weight is 288 g/mol. The van der Waals surface area contributed by atoms with Gasteiger partial charge in [-0.1, -0.05) is 37.3 Å². The highest BCUT2D eigenvalue weighted by molar-refractivity contribution is 7.11. The number of aryl methyl sites for hydroxylation is 1. The van der Waals surface area contributed by atoms with Crippen LogP contribution in [0.15, 0.2) is 42.5 Å². The molecule has 0 spiro atoms. The molecule has 0 aliphatic rings. The second-order valence-electron chi connectivity index (χ2n) is 4.97. The smallest absolute Gasteiger partial charge is 0.244 e. The van der Waals surface area contributed by atoms with Crippen LogP contribution in [0.3, 0.4) is 0 Å². The first-order valence-corrected chi connectivity index (χ1v) is 7.56. The SMILES string of the molecule is CCc1ccc(CNC(=O)C(C)(N)c2ccccc2)s1. The molecule has 3 nitrogen and oxygen atoms in total. The van der Waals surface area contributed by atoms with Gasteiger partial charge in [0, 0.05) is 9.75 Å². The topological polar surface area (TPSA) is 55.1 Å². The lowest BCUT2D eigenvalue weighted by atomic mass is 9.92. The fourth-order valence-electron chi connectivity index (χ4n) is 1.97. The molecule has 3 N–H and O–H groups in total. The monoisotopic (exact) mass is 288 g/mol. The number of rotatable bonds is 5. The number of nitrogens with two attached hydrogens (primary N) is 1. The standard InChI is InChI=1S/C16H20N2OS/c1-3-13-9-10-14(20-13)11-18-15(19)16(2,17)12-7-5-4-6-8-12/h4-10H,3,11,17H2,1-2H3,(H,18,19).